The molecule has 86 valence electrons. The number of hydrogen-bond donors (Lipinski definition) is 1. The van der Waals surface area contributed by atoms with Gasteiger partial charge in [-0.1, -0.05) is 0 Å². The van der Waals surface area contributed by atoms with E-state index < -0.39 is 0 Å². The average molecular weight is 285 g/mol. The van der Waals surface area contributed by atoms with Crippen LogP contribution in [0.15, 0.2) is 17.1 Å². The standard InChI is InChI=1S/C10H13BrN4O/c11-10-13-1-7(2-14-10)15-5-8-3-12-4-9(6-15)16-8/h1-2,8-9,12H,3-6H2. The monoisotopic (exact) mass is 284 g/mol. The second-order valence-corrected chi connectivity index (χ2v) is 4.86. The molecule has 3 heterocycles. The molecule has 2 aliphatic rings. The molecule has 2 aliphatic heterocycles. The Morgan fingerprint density at radius 2 is 1.88 bits per heavy atom. The number of nitrogens with zero attached hydrogens (tertiary/aromatic N) is 3. The molecule has 0 amide bonds. The van der Waals surface area contributed by atoms with Crippen molar-refractivity contribution in [1.29, 1.82) is 0 Å². The van der Waals surface area contributed by atoms with E-state index in [-0.39, 0.29) is 12.2 Å². The van der Waals surface area contributed by atoms with Crippen LogP contribution in [0.3, 0.4) is 0 Å². The van der Waals surface area contributed by atoms with E-state index in [4.69, 9.17) is 4.74 Å². The number of halogens is 1. The SMILES string of the molecule is Brc1ncc(N2CC3CNCC(C2)O3)cn1. The topological polar surface area (TPSA) is 50.3 Å². The number of hydrogen-bond acceptors (Lipinski definition) is 5. The molecule has 0 aromatic carbocycles. The third-order valence-electron chi connectivity index (χ3n) is 2.95. The van der Waals surface area contributed by atoms with Crippen LogP contribution in [0.1, 0.15) is 0 Å². The predicted molar refractivity (Wildman–Crippen MR) is 63.5 cm³/mol. The van der Waals surface area contributed by atoms with E-state index in [0.717, 1.165) is 31.9 Å². The van der Waals surface area contributed by atoms with E-state index in [1.54, 1.807) is 0 Å². The zero-order valence-corrected chi connectivity index (χ0v) is 10.4. The van der Waals surface area contributed by atoms with E-state index >= 15 is 0 Å². The summed E-state index contributed by atoms with van der Waals surface area (Å²) in [6.07, 6.45) is 4.28. The van der Waals surface area contributed by atoms with Crippen LogP contribution in [0.25, 0.3) is 0 Å². The van der Waals surface area contributed by atoms with Crippen LogP contribution >= 0.6 is 15.9 Å². The first-order valence-corrected chi connectivity index (χ1v) is 6.19. The van der Waals surface area contributed by atoms with Crippen molar-refractivity contribution in [3.05, 3.63) is 17.1 Å². The quantitative estimate of drug-likeness (QED) is 0.758. The fourth-order valence-electron chi connectivity index (χ4n) is 2.23. The number of aromatic nitrogens is 2. The van der Waals surface area contributed by atoms with Crippen molar-refractivity contribution in [3.8, 4) is 0 Å². The minimum atomic E-state index is 0.288. The van der Waals surface area contributed by atoms with Crippen molar-refractivity contribution in [2.75, 3.05) is 31.1 Å². The van der Waals surface area contributed by atoms with Gasteiger partial charge in [0.2, 0.25) is 0 Å². The number of morpholine rings is 2. The van der Waals surface area contributed by atoms with Gasteiger partial charge in [0.1, 0.15) is 0 Å². The molecule has 0 spiro atoms. The minimum Gasteiger partial charge on any atom is -0.369 e. The molecule has 3 rings (SSSR count). The fraction of sp³-hybridized carbons (Fsp3) is 0.600. The molecular weight excluding hydrogens is 272 g/mol. The summed E-state index contributed by atoms with van der Waals surface area (Å²) in [5, 5.41) is 3.38. The van der Waals surface area contributed by atoms with Gasteiger partial charge >= 0.3 is 0 Å². The summed E-state index contributed by atoms with van der Waals surface area (Å²) < 4.78 is 6.47. The Morgan fingerprint density at radius 3 is 2.50 bits per heavy atom. The highest BCUT2D eigenvalue weighted by Gasteiger charge is 2.31. The lowest BCUT2D eigenvalue weighted by Gasteiger charge is -2.42. The minimum absolute atomic E-state index is 0.288. The van der Waals surface area contributed by atoms with Crippen LogP contribution in [0.2, 0.25) is 0 Å². The second-order valence-electron chi connectivity index (χ2n) is 4.15. The van der Waals surface area contributed by atoms with Crippen molar-refractivity contribution in [2.24, 2.45) is 0 Å². The molecule has 5 nitrogen and oxygen atoms in total. The lowest BCUT2D eigenvalue weighted by Crippen LogP contribution is -2.58. The summed E-state index contributed by atoms with van der Waals surface area (Å²) in [5.74, 6) is 0. The van der Waals surface area contributed by atoms with Gasteiger partial charge in [-0.3, -0.25) is 0 Å². The van der Waals surface area contributed by atoms with Gasteiger partial charge in [0.15, 0.2) is 4.73 Å². The second kappa shape index (κ2) is 4.27. The number of rotatable bonds is 1. The van der Waals surface area contributed by atoms with Crippen molar-refractivity contribution in [3.63, 3.8) is 0 Å². The summed E-state index contributed by atoms with van der Waals surface area (Å²) in [5.41, 5.74) is 1.07. The fourth-order valence-corrected chi connectivity index (χ4v) is 2.44. The number of fused-ring (bicyclic) bond motifs is 2. The number of nitrogens with one attached hydrogen (secondary N) is 1. The van der Waals surface area contributed by atoms with Gasteiger partial charge in [-0.05, 0) is 15.9 Å². The van der Waals surface area contributed by atoms with Crippen molar-refractivity contribution < 1.29 is 4.74 Å². The van der Waals surface area contributed by atoms with Crippen LogP contribution in [-0.4, -0.2) is 48.4 Å². The molecule has 2 unspecified atom stereocenters. The van der Waals surface area contributed by atoms with E-state index in [1.165, 1.54) is 0 Å². The maximum Gasteiger partial charge on any atom is 0.196 e. The molecule has 0 aliphatic carbocycles. The normalized spacial score (nSPS) is 29.2. The van der Waals surface area contributed by atoms with Crippen molar-refractivity contribution in [1.82, 2.24) is 15.3 Å². The molecule has 2 atom stereocenters. The lowest BCUT2D eigenvalue weighted by atomic mass is 10.1. The Bertz CT molecular complexity index is 360. The Hall–Kier alpha value is -0.720. The molecule has 1 N–H and O–H groups in total. The number of ether oxygens (including phenoxy) is 1. The van der Waals surface area contributed by atoms with E-state index in [1.807, 2.05) is 12.4 Å². The van der Waals surface area contributed by atoms with Gasteiger partial charge in [0.25, 0.3) is 0 Å². The van der Waals surface area contributed by atoms with Gasteiger partial charge in [-0.25, -0.2) is 9.97 Å². The first-order chi connectivity index (χ1) is 7.81. The highest BCUT2D eigenvalue weighted by atomic mass is 79.9. The Morgan fingerprint density at radius 1 is 1.25 bits per heavy atom. The number of anilines is 1. The first kappa shape index (κ1) is 10.4. The largest absolute Gasteiger partial charge is 0.369 e. The van der Waals surface area contributed by atoms with Gasteiger partial charge in [0.05, 0.1) is 30.3 Å². The Labute approximate surface area is 102 Å². The summed E-state index contributed by atoms with van der Waals surface area (Å²) in [4.78, 5) is 10.6. The summed E-state index contributed by atoms with van der Waals surface area (Å²) in [6.45, 7) is 3.69. The van der Waals surface area contributed by atoms with E-state index in [9.17, 15) is 0 Å². The summed E-state index contributed by atoms with van der Waals surface area (Å²) in [7, 11) is 0. The van der Waals surface area contributed by atoms with Gasteiger partial charge in [-0.2, -0.15) is 0 Å². The van der Waals surface area contributed by atoms with Gasteiger partial charge < -0.3 is 15.0 Å². The van der Waals surface area contributed by atoms with Gasteiger partial charge in [0, 0.05) is 26.2 Å². The first-order valence-electron chi connectivity index (χ1n) is 5.40. The molecule has 0 radical (unpaired) electrons. The third-order valence-corrected chi connectivity index (χ3v) is 3.36. The highest BCUT2D eigenvalue weighted by molar-refractivity contribution is 9.10. The smallest absolute Gasteiger partial charge is 0.196 e. The predicted octanol–water partition coefficient (Wildman–Crippen LogP) is 0.416. The lowest BCUT2D eigenvalue weighted by molar-refractivity contribution is -0.0484. The molecule has 2 saturated heterocycles. The molecule has 6 heteroatoms. The Kier molecular flexibility index (Phi) is 2.79. The Balaban J connectivity index is 1.77. The van der Waals surface area contributed by atoms with Crippen LogP contribution in [0.5, 0.6) is 0 Å². The third kappa shape index (κ3) is 2.05. The average Bonchev–Trinajstić information content (AvgIpc) is 2.29. The molecule has 2 bridgehead atoms. The van der Waals surface area contributed by atoms with E-state index in [2.05, 4.69) is 36.1 Å². The van der Waals surface area contributed by atoms with Crippen molar-refractivity contribution >= 4 is 21.6 Å². The maximum atomic E-state index is 5.84. The zero-order chi connectivity index (χ0) is 11.0. The molecule has 1 aromatic rings. The van der Waals surface area contributed by atoms with Crippen LogP contribution in [0.4, 0.5) is 5.69 Å². The highest BCUT2D eigenvalue weighted by Crippen LogP contribution is 2.20. The molecule has 1 aromatic heterocycles. The zero-order valence-electron chi connectivity index (χ0n) is 8.77. The van der Waals surface area contributed by atoms with E-state index in [0.29, 0.717) is 4.73 Å². The molecule has 0 saturated carbocycles. The maximum absolute atomic E-state index is 5.84. The molecular formula is C10H13BrN4O. The van der Waals surface area contributed by atoms with Crippen LogP contribution < -0.4 is 10.2 Å². The van der Waals surface area contributed by atoms with Crippen molar-refractivity contribution in [2.45, 2.75) is 12.2 Å². The summed E-state index contributed by atoms with van der Waals surface area (Å²) >= 11 is 3.24. The van der Waals surface area contributed by atoms with Crippen LogP contribution in [0, 0.1) is 0 Å². The van der Waals surface area contributed by atoms with Gasteiger partial charge in [-0.15, -0.1) is 0 Å². The summed E-state index contributed by atoms with van der Waals surface area (Å²) in [6, 6.07) is 0. The molecule has 16 heavy (non-hydrogen) atoms. The molecule has 2 fully saturated rings. The van der Waals surface area contributed by atoms with Crippen LogP contribution in [-0.2, 0) is 4.74 Å².